The zero-order valence-corrected chi connectivity index (χ0v) is 15.7. The normalized spacial score (nSPS) is 13.0. The van der Waals surface area contributed by atoms with Crippen LogP contribution in [0.25, 0.3) is 11.3 Å². The van der Waals surface area contributed by atoms with Crippen LogP contribution in [0.15, 0.2) is 47.0 Å². The lowest BCUT2D eigenvalue weighted by Gasteiger charge is -2.12. The van der Waals surface area contributed by atoms with Gasteiger partial charge in [0.15, 0.2) is 0 Å². The number of carbonyl (C=O) groups excluding carboxylic acids is 3. The van der Waals surface area contributed by atoms with E-state index < -0.39 is 17.8 Å². The van der Waals surface area contributed by atoms with Gasteiger partial charge in [-0.05, 0) is 31.2 Å². The average molecular weight is 417 g/mol. The lowest BCUT2D eigenvalue weighted by Crippen LogP contribution is -2.32. The highest BCUT2D eigenvalue weighted by molar-refractivity contribution is 6.42. The van der Waals surface area contributed by atoms with Crippen LogP contribution in [-0.2, 0) is 4.84 Å². The minimum Gasteiger partial charge on any atom is -0.360 e. The number of hydrogen-bond donors (Lipinski definition) is 0. The monoisotopic (exact) mass is 416 g/mol. The third kappa shape index (κ3) is 2.85. The van der Waals surface area contributed by atoms with Crippen LogP contribution < -0.4 is 0 Å². The topological polar surface area (TPSA) is 89.7 Å². The summed E-state index contributed by atoms with van der Waals surface area (Å²) in [4.78, 5) is 42.6. The predicted octanol–water partition coefficient (Wildman–Crippen LogP) is 4.32. The number of fused-ring (bicyclic) bond motifs is 1. The summed E-state index contributed by atoms with van der Waals surface area (Å²) in [6.45, 7) is 1.51. The van der Waals surface area contributed by atoms with Gasteiger partial charge in [0.25, 0.3) is 11.8 Å². The summed E-state index contributed by atoms with van der Waals surface area (Å²) in [6, 6.07) is 10.8. The van der Waals surface area contributed by atoms with Gasteiger partial charge in [0.1, 0.15) is 17.0 Å². The van der Waals surface area contributed by atoms with Crippen molar-refractivity contribution in [1.82, 2.24) is 10.2 Å². The number of imide groups is 1. The summed E-state index contributed by atoms with van der Waals surface area (Å²) >= 11 is 11.9. The molecule has 0 saturated heterocycles. The molecule has 1 aromatic heterocycles. The van der Waals surface area contributed by atoms with Gasteiger partial charge >= 0.3 is 5.97 Å². The van der Waals surface area contributed by atoms with Crippen LogP contribution in [-0.4, -0.2) is 28.0 Å². The molecule has 0 fully saturated rings. The van der Waals surface area contributed by atoms with Crippen LogP contribution >= 0.6 is 23.2 Å². The van der Waals surface area contributed by atoms with E-state index in [-0.39, 0.29) is 33.2 Å². The third-order valence-corrected chi connectivity index (χ3v) is 4.93. The maximum atomic E-state index is 12.7. The number of aromatic nitrogens is 1. The summed E-state index contributed by atoms with van der Waals surface area (Å²) in [5.41, 5.74) is 0.896. The van der Waals surface area contributed by atoms with Gasteiger partial charge in [-0.1, -0.05) is 51.6 Å². The molecule has 0 aliphatic carbocycles. The molecular weight excluding hydrogens is 407 g/mol. The number of aryl methyl sites for hydroxylation is 1. The van der Waals surface area contributed by atoms with Crippen LogP contribution in [0.3, 0.4) is 0 Å². The zero-order chi connectivity index (χ0) is 20.0. The Bertz CT molecular complexity index is 1120. The molecule has 0 bridgehead atoms. The molecular formula is C19H10Cl2N2O5. The number of rotatable bonds is 3. The Hall–Kier alpha value is -3.16. The maximum Gasteiger partial charge on any atom is 0.369 e. The van der Waals surface area contributed by atoms with Crippen molar-refractivity contribution in [3.05, 3.63) is 75.0 Å². The molecule has 1 aliphatic heterocycles. The SMILES string of the molecule is Cc1onc(-c2ccc(Cl)c(Cl)c2)c1C(=O)ON1C(=O)c2ccccc2C1=O. The summed E-state index contributed by atoms with van der Waals surface area (Å²) < 4.78 is 5.11. The highest BCUT2D eigenvalue weighted by atomic mass is 35.5. The van der Waals surface area contributed by atoms with Gasteiger partial charge in [-0.25, -0.2) is 4.79 Å². The Kier molecular flexibility index (Phi) is 4.41. The van der Waals surface area contributed by atoms with E-state index in [1.165, 1.54) is 25.1 Å². The van der Waals surface area contributed by atoms with Crippen LogP contribution in [0.2, 0.25) is 10.0 Å². The summed E-state index contributed by atoms with van der Waals surface area (Å²) in [7, 11) is 0. The van der Waals surface area contributed by atoms with E-state index in [4.69, 9.17) is 32.6 Å². The number of amides is 2. The summed E-state index contributed by atoms with van der Waals surface area (Å²) in [5.74, 6) is -2.25. The fourth-order valence-electron chi connectivity index (χ4n) is 2.83. The summed E-state index contributed by atoms with van der Waals surface area (Å²) in [5, 5.41) is 4.89. The van der Waals surface area contributed by atoms with Gasteiger partial charge in [-0.2, -0.15) is 0 Å². The number of halogens is 2. The molecule has 2 aromatic carbocycles. The molecule has 140 valence electrons. The van der Waals surface area contributed by atoms with Gasteiger partial charge in [-0.15, -0.1) is 0 Å². The van der Waals surface area contributed by atoms with Crippen LogP contribution in [0.1, 0.15) is 36.8 Å². The van der Waals surface area contributed by atoms with E-state index >= 15 is 0 Å². The molecule has 9 heteroatoms. The molecule has 7 nitrogen and oxygen atoms in total. The lowest BCUT2D eigenvalue weighted by molar-refractivity contribution is -0.0585. The van der Waals surface area contributed by atoms with Crippen molar-refractivity contribution in [2.24, 2.45) is 0 Å². The molecule has 0 unspecified atom stereocenters. The fraction of sp³-hybridized carbons (Fsp3) is 0.0526. The van der Waals surface area contributed by atoms with Gasteiger partial charge in [0.05, 0.1) is 21.2 Å². The van der Waals surface area contributed by atoms with Crippen molar-refractivity contribution in [2.45, 2.75) is 6.92 Å². The minimum atomic E-state index is -0.964. The van der Waals surface area contributed by atoms with E-state index in [0.29, 0.717) is 15.6 Å². The first-order valence-corrected chi connectivity index (χ1v) is 8.76. The van der Waals surface area contributed by atoms with Gasteiger partial charge in [0.2, 0.25) is 0 Å². The van der Waals surface area contributed by atoms with Gasteiger partial charge in [-0.3, -0.25) is 9.59 Å². The Morgan fingerprint density at radius 1 is 1.04 bits per heavy atom. The van der Waals surface area contributed by atoms with E-state index in [2.05, 4.69) is 5.16 Å². The molecule has 0 saturated carbocycles. The molecule has 4 rings (SSSR count). The second-order valence-corrected chi connectivity index (χ2v) is 6.73. The number of nitrogens with zero attached hydrogens (tertiary/aromatic N) is 2. The van der Waals surface area contributed by atoms with Crippen molar-refractivity contribution in [3.8, 4) is 11.3 Å². The first-order valence-electron chi connectivity index (χ1n) is 8.00. The largest absolute Gasteiger partial charge is 0.369 e. The van der Waals surface area contributed by atoms with E-state index in [0.717, 1.165) is 0 Å². The molecule has 1 aliphatic rings. The Morgan fingerprint density at radius 2 is 1.68 bits per heavy atom. The molecule has 2 heterocycles. The second-order valence-electron chi connectivity index (χ2n) is 5.92. The fourth-order valence-corrected chi connectivity index (χ4v) is 3.13. The van der Waals surface area contributed by atoms with Crippen molar-refractivity contribution in [3.63, 3.8) is 0 Å². The summed E-state index contributed by atoms with van der Waals surface area (Å²) in [6.07, 6.45) is 0. The number of carbonyl (C=O) groups is 3. The van der Waals surface area contributed by atoms with Gasteiger partial charge in [0, 0.05) is 5.56 Å². The molecule has 0 N–H and O–H groups in total. The zero-order valence-electron chi connectivity index (χ0n) is 14.2. The number of hydrogen-bond acceptors (Lipinski definition) is 6. The molecule has 3 aromatic rings. The molecule has 2 amide bonds. The molecule has 0 atom stereocenters. The van der Waals surface area contributed by atoms with Crippen LogP contribution in [0.5, 0.6) is 0 Å². The van der Waals surface area contributed by atoms with E-state index in [1.807, 2.05) is 0 Å². The van der Waals surface area contributed by atoms with Gasteiger partial charge < -0.3 is 9.36 Å². The van der Waals surface area contributed by atoms with Crippen LogP contribution in [0.4, 0.5) is 0 Å². The lowest BCUT2D eigenvalue weighted by atomic mass is 10.1. The highest BCUT2D eigenvalue weighted by Gasteiger charge is 2.39. The van der Waals surface area contributed by atoms with Crippen LogP contribution in [0, 0.1) is 6.92 Å². The number of benzene rings is 2. The van der Waals surface area contributed by atoms with Crippen molar-refractivity contribution in [1.29, 1.82) is 0 Å². The second kappa shape index (κ2) is 6.78. The van der Waals surface area contributed by atoms with E-state index in [9.17, 15) is 14.4 Å². The first kappa shape index (κ1) is 18.2. The Morgan fingerprint density at radius 3 is 2.29 bits per heavy atom. The number of hydroxylamine groups is 2. The molecule has 0 radical (unpaired) electrons. The Balaban J connectivity index is 1.67. The van der Waals surface area contributed by atoms with Crippen molar-refractivity contribution in [2.75, 3.05) is 0 Å². The molecule has 0 spiro atoms. The highest BCUT2D eigenvalue weighted by Crippen LogP contribution is 2.32. The molecule has 28 heavy (non-hydrogen) atoms. The quantitative estimate of drug-likeness (QED) is 0.590. The standard InChI is InChI=1S/C19H10Cl2N2O5/c1-9-15(16(22-27-9)10-6-7-13(20)14(21)8-10)19(26)28-23-17(24)11-4-2-3-5-12(11)18(23)25/h2-8H,1H3. The minimum absolute atomic E-state index is 0.0325. The smallest absolute Gasteiger partial charge is 0.360 e. The third-order valence-electron chi connectivity index (χ3n) is 4.19. The predicted molar refractivity (Wildman–Crippen MR) is 99.1 cm³/mol. The van der Waals surface area contributed by atoms with E-state index in [1.54, 1.807) is 24.3 Å². The first-order chi connectivity index (χ1) is 13.4. The van der Waals surface area contributed by atoms with Crippen molar-refractivity contribution >= 4 is 41.0 Å². The van der Waals surface area contributed by atoms with Crippen molar-refractivity contribution < 1.29 is 23.7 Å². The maximum absolute atomic E-state index is 12.7. The average Bonchev–Trinajstić information content (AvgIpc) is 3.18. The Labute approximate surface area is 168 Å².